The Labute approximate surface area is 326 Å². The Bertz CT molecular complexity index is 2130. The summed E-state index contributed by atoms with van der Waals surface area (Å²) in [6.45, 7) is 8.00. The molecule has 6 aromatic rings. The van der Waals surface area contributed by atoms with E-state index >= 15 is 0 Å². The van der Waals surface area contributed by atoms with Crippen molar-refractivity contribution in [3.05, 3.63) is 191 Å². The van der Waals surface area contributed by atoms with Crippen LogP contribution in [0.3, 0.4) is 0 Å². The second-order valence-corrected chi connectivity index (χ2v) is 37.0. The number of benzene rings is 6. The third-order valence-corrected chi connectivity index (χ3v) is 44.2. The van der Waals surface area contributed by atoms with Crippen LogP contribution in [0.25, 0.3) is 34.4 Å². The molecule has 8 rings (SSSR count). The van der Waals surface area contributed by atoms with Crippen LogP contribution >= 0.6 is 0 Å². The fraction of sp³-hybridized carbons (Fsp3) is 0.231. The molecule has 2 atom stereocenters. The fourth-order valence-corrected chi connectivity index (χ4v) is 51.1. The number of rotatable bonds is 13. The van der Waals surface area contributed by atoms with E-state index in [1.54, 1.807) is 32.6 Å². The first-order chi connectivity index (χ1) is 26.5. The van der Waals surface area contributed by atoms with Crippen LogP contribution in [0.4, 0.5) is 0 Å². The minimum atomic E-state index is -4.23. The van der Waals surface area contributed by atoms with Crippen LogP contribution in [0.1, 0.15) is 84.1 Å². The summed E-state index contributed by atoms with van der Waals surface area (Å²) < 4.78 is 3.61. The molecule has 0 aliphatic heterocycles. The summed E-state index contributed by atoms with van der Waals surface area (Å²) in [4.78, 5) is 0. The van der Waals surface area contributed by atoms with Gasteiger partial charge in [-0.25, -0.2) is 0 Å². The molecule has 0 saturated heterocycles. The van der Waals surface area contributed by atoms with Crippen molar-refractivity contribution in [1.82, 2.24) is 0 Å². The van der Waals surface area contributed by atoms with E-state index < -0.39 is 21.2 Å². The third-order valence-electron chi connectivity index (χ3n) is 13.5. The first-order valence-corrected chi connectivity index (χ1v) is 29.0. The number of hydrogen-bond acceptors (Lipinski definition) is 0. The number of allylic oxidation sites excluding steroid dienone is 2. The van der Waals surface area contributed by atoms with Crippen LogP contribution in [-0.2, 0) is 14.6 Å². The maximum absolute atomic E-state index is 4.23. The predicted molar refractivity (Wildman–Crippen MR) is 235 cm³/mol. The summed E-state index contributed by atoms with van der Waals surface area (Å²) >= 11 is -4.23. The van der Waals surface area contributed by atoms with Gasteiger partial charge in [0.05, 0.1) is 0 Å². The molecule has 0 nitrogen and oxygen atoms in total. The molecule has 0 fully saturated rings. The van der Waals surface area contributed by atoms with E-state index in [2.05, 4.69) is 198 Å². The molecule has 0 spiro atoms. The van der Waals surface area contributed by atoms with Gasteiger partial charge < -0.3 is 0 Å². The van der Waals surface area contributed by atoms with Gasteiger partial charge in [-0.05, 0) is 0 Å². The summed E-state index contributed by atoms with van der Waals surface area (Å²) in [5.41, 5.74) is 14.8. The Hall–Kier alpha value is -4.27. The summed E-state index contributed by atoms with van der Waals surface area (Å²) in [6.07, 6.45) is 10.3. The van der Waals surface area contributed by atoms with E-state index in [1.807, 2.05) is 0 Å². The third kappa shape index (κ3) is 6.01. The Kier molecular flexibility index (Phi) is 10.5. The zero-order valence-corrected chi connectivity index (χ0v) is 35.4. The van der Waals surface area contributed by atoms with Crippen molar-refractivity contribution in [2.45, 2.75) is 71.3 Å². The van der Waals surface area contributed by atoms with Gasteiger partial charge in [0.15, 0.2) is 0 Å². The second kappa shape index (κ2) is 15.5. The van der Waals surface area contributed by atoms with Crippen LogP contribution < -0.4 is 10.4 Å². The average Bonchev–Trinajstić information content (AvgIpc) is 3.77. The Balaban J connectivity index is 1.54. The Morgan fingerprint density at radius 2 is 0.815 bits per heavy atom. The molecule has 0 amide bonds. The van der Waals surface area contributed by atoms with Crippen molar-refractivity contribution in [3.8, 4) is 22.3 Å². The van der Waals surface area contributed by atoms with Crippen LogP contribution in [0.2, 0.25) is 9.45 Å². The van der Waals surface area contributed by atoms with Gasteiger partial charge in [-0.3, -0.25) is 0 Å². The molecule has 2 heteroatoms. The zero-order chi connectivity index (χ0) is 37.1. The summed E-state index contributed by atoms with van der Waals surface area (Å²) in [7, 11) is 0. The molecular weight excluding hydrogens is 701 g/mol. The predicted octanol–water partition coefficient (Wildman–Crippen LogP) is 13.3. The minimum absolute atomic E-state index is 0.440. The van der Waals surface area contributed by atoms with Gasteiger partial charge >= 0.3 is 328 Å². The summed E-state index contributed by atoms with van der Waals surface area (Å²) in [6, 6.07) is 61.1. The zero-order valence-electron chi connectivity index (χ0n) is 32.6. The van der Waals surface area contributed by atoms with Gasteiger partial charge in [0.2, 0.25) is 0 Å². The van der Waals surface area contributed by atoms with Gasteiger partial charge in [-0.15, -0.1) is 0 Å². The van der Waals surface area contributed by atoms with Crippen molar-refractivity contribution < 1.29 is 14.6 Å². The molecule has 6 aromatic carbocycles. The molecule has 54 heavy (non-hydrogen) atoms. The van der Waals surface area contributed by atoms with Gasteiger partial charge in [-0.2, -0.15) is 0 Å². The van der Waals surface area contributed by atoms with E-state index in [9.17, 15) is 0 Å². The molecule has 0 radical (unpaired) electrons. The van der Waals surface area contributed by atoms with Crippen molar-refractivity contribution in [2.75, 3.05) is 0 Å². The first-order valence-electron chi connectivity index (χ1n) is 20.5. The summed E-state index contributed by atoms with van der Waals surface area (Å²) in [5, 5.41) is 3.29. The molecule has 0 saturated carbocycles. The standard InChI is InChI=1S/2C16H13.C12H11Si.2C4H9.Ti/c2*1-12-10-14-8-5-9-15(16(14)11-12)13-6-3-2-4-7-13;1-3-7-11(8-4-1)13-12-9-5-2-6-10-12;2*1-3-4-2;/h2*2-11H,1H3;1-10,13H;2*1,3-4H2,2H3;. The van der Waals surface area contributed by atoms with Crippen LogP contribution in [0, 0.1) is 0 Å². The molecule has 271 valence electrons. The Morgan fingerprint density at radius 3 is 1.19 bits per heavy atom. The van der Waals surface area contributed by atoms with E-state index in [4.69, 9.17) is 0 Å². The molecule has 2 aliphatic rings. The number of hydrogen-bond donors (Lipinski definition) is 0. The van der Waals surface area contributed by atoms with Gasteiger partial charge in [0.1, 0.15) is 0 Å². The van der Waals surface area contributed by atoms with Gasteiger partial charge in [-0.1, -0.05) is 0 Å². The number of fused-ring (bicyclic) bond motifs is 2. The SMILES string of the molecule is CCC[CH2][Ti]([CH2]CCC)([CH]1C(C)=Cc2c(-c3ccccc3)cccc21)([CH]1C(C)=Cc2c(-c3ccccc3)cccc21)[SiH](c1ccccc1)c1ccccc1. The van der Waals surface area contributed by atoms with Gasteiger partial charge in [0, 0.05) is 0 Å². The van der Waals surface area contributed by atoms with Crippen LogP contribution in [0.5, 0.6) is 0 Å². The normalized spacial score (nSPS) is 17.0. The molecule has 0 heterocycles. The molecule has 0 bridgehead atoms. The fourth-order valence-electron chi connectivity index (χ4n) is 11.9. The van der Waals surface area contributed by atoms with Crippen molar-refractivity contribution in [1.29, 1.82) is 0 Å². The topological polar surface area (TPSA) is 0 Å². The van der Waals surface area contributed by atoms with E-state index in [0.29, 0.717) is 8.45 Å². The van der Waals surface area contributed by atoms with Crippen LogP contribution in [0.15, 0.2) is 169 Å². The maximum atomic E-state index is 2.65. The molecular formula is C52H55SiTi. The number of unbranched alkanes of at least 4 members (excludes halogenated alkanes) is 2. The van der Waals surface area contributed by atoms with Crippen molar-refractivity contribution in [3.63, 3.8) is 0 Å². The van der Waals surface area contributed by atoms with E-state index in [-0.39, 0.29) is 0 Å². The van der Waals surface area contributed by atoms with Crippen molar-refractivity contribution >= 4 is 29.2 Å². The van der Waals surface area contributed by atoms with Crippen molar-refractivity contribution in [2.24, 2.45) is 0 Å². The van der Waals surface area contributed by atoms with Crippen LogP contribution in [-0.4, -0.2) is 6.66 Å². The monoisotopic (exact) mass is 755 g/mol. The summed E-state index contributed by atoms with van der Waals surface area (Å²) in [5.74, 6) is 0. The second-order valence-electron chi connectivity index (χ2n) is 16.4. The molecule has 2 aliphatic carbocycles. The average molecular weight is 756 g/mol. The molecule has 0 N–H and O–H groups in total. The van der Waals surface area contributed by atoms with E-state index in [1.165, 1.54) is 68.5 Å². The molecule has 2 unspecified atom stereocenters. The van der Waals surface area contributed by atoms with Gasteiger partial charge in [0.25, 0.3) is 0 Å². The molecule has 0 aromatic heterocycles. The Morgan fingerprint density at radius 1 is 0.444 bits per heavy atom. The quantitative estimate of drug-likeness (QED) is 0.103. The first kappa shape index (κ1) is 36.7. The van der Waals surface area contributed by atoms with E-state index in [0.717, 1.165) is 0 Å².